The van der Waals surface area contributed by atoms with Gasteiger partial charge in [-0.15, -0.1) is 11.3 Å². The third-order valence-corrected chi connectivity index (χ3v) is 6.63. The minimum Gasteiger partial charge on any atom is -0.486 e. The molecule has 2 aromatic carbocycles. The van der Waals surface area contributed by atoms with Gasteiger partial charge < -0.3 is 19.7 Å². The van der Waals surface area contributed by atoms with Crippen LogP contribution in [0.1, 0.15) is 29.5 Å². The molecule has 5 rings (SSSR count). The van der Waals surface area contributed by atoms with Crippen LogP contribution in [-0.2, 0) is 6.54 Å². The molecule has 3 heterocycles. The van der Waals surface area contributed by atoms with Crippen LogP contribution in [0, 0.1) is 0 Å². The minimum atomic E-state index is -0.0854. The average Bonchev–Trinajstić information content (AvgIpc) is 3.38. The monoisotopic (exact) mass is 429 g/mol. The number of urea groups is 1. The molecule has 1 aromatic heterocycles. The maximum atomic E-state index is 12.9. The zero-order valence-corrected chi connectivity index (χ0v) is 17.3. The number of thiazole rings is 1. The molecule has 0 aliphatic carbocycles. The van der Waals surface area contributed by atoms with Gasteiger partial charge in [-0.2, -0.15) is 0 Å². The Hall–Kier alpha value is -2.51. The van der Waals surface area contributed by atoms with E-state index in [0.717, 1.165) is 40.2 Å². The van der Waals surface area contributed by atoms with Gasteiger partial charge in [0.25, 0.3) is 0 Å². The van der Waals surface area contributed by atoms with Crippen molar-refractivity contribution in [3.8, 4) is 11.5 Å². The molecule has 0 saturated carbocycles. The zero-order chi connectivity index (χ0) is 19.8. The van der Waals surface area contributed by atoms with Crippen molar-refractivity contribution in [2.75, 3.05) is 19.8 Å². The van der Waals surface area contributed by atoms with E-state index in [0.29, 0.717) is 36.3 Å². The molecule has 1 unspecified atom stereocenters. The van der Waals surface area contributed by atoms with Crippen LogP contribution in [-0.4, -0.2) is 35.7 Å². The van der Waals surface area contributed by atoms with Crippen LogP contribution >= 0.6 is 22.9 Å². The van der Waals surface area contributed by atoms with Crippen molar-refractivity contribution < 1.29 is 14.3 Å². The second-order valence-electron chi connectivity index (χ2n) is 7.13. The van der Waals surface area contributed by atoms with E-state index in [1.807, 2.05) is 35.2 Å². The Morgan fingerprint density at radius 1 is 1.28 bits per heavy atom. The molecule has 1 N–H and O–H groups in total. The molecule has 0 radical (unpaired) electrons. The number of para-hydroxylation sites is 1. The van der Waals surface area contributed by atoms with Gasteiger partial charge in [-0.3, -0.25) is 0 Å². The van der Waals surface area contributed by atoms with Crippen molar-refractivity contribution in [3.05, 3.63) is 52.0 Å². The van der Waals surface area contributed by atoms with Gasteiger partial charge in [0.15, 0.2) is 11.5 Å². The first-order valence-corrected chi connectivity index (χ1v) is 10.9. The van der Waals surface area contributed by atoms with Crippen LogP contribution in [0.4, 0.5) is 4.79 Å². The molecule has 6 nitrogen and oxygen atoms in total. The minimum absolute atomic E-state index is 0.0243. The fraction of sp³-hybridized carbons (Fsp3) is 0.333. The number of carbonyl (C=O) groups excluding carboxylic acids is 1. The summed E-state index contributed by atoms with van der Waals surface area (Å²) in [5, 5.41) is 4.52. The van der Waals surface area contributed by atoms with Crippen molar-refractivity contribution in [1.29, 1.82) is 0 Å². The molecule has 1 atom stereocenters. The number of hydrogen-bond acceptors (Lipinski definition) is 5. The highest BCUT2D eigenvalue weighted by molar-refractivity contribution is 7.18. The molecule has 1 saturated heterocycles. The van der Waals surface area contributed by atoms with Crippen molar-refractivity contribution in [3.63, 3.8) is 0 Å². The molecular formula is C21H20ClN3O3S. The number of halogens is 1. The van der Waals surface area contributed by atoms with E-state index in [2.05, 4.69) is 11.4 Å². The number of hydrogen-bond donors (Lipinski definition) is 1. The summed E-state index contributed by atoms with van der Waals surface area (Å²) in [4.78, 5) is 19.5. The predicted molar refractivity (Wildman–Crippen MR) is 113 cm³/mol. The summed E-state index contributed by atoms with van der Waals surface area (Å²) < 4.78 is 12.3. The lowest BCUT2D eigenvalue weighted by Gasteiger charge is -2.24. The Kier molecular flexibility index (Phi) is 4.93. The molecule has 29 heavy (non-hydrogen) atoms. The quantitative estimate of drug-likeness (QED) is 0.651. The number of nitrogens with zero attached hydrogens (tertiary/aromatic N) is 2. The van der Waals surface area contributed by atoms with E-state index >= 15 is 0 Å². The molecular weight excluding hydrogens is 410 g/mol. The highest BCUT2D eigenvalue weighted by atomic mass is 35.5. The standard InChI is InChI=1S/C21H20ClN3O3S/c22-14-10-13(11-17-19(14)28-9-8-27-17)12-23-21(26)25-7-3-5-16(25)20-24-15-4-1-2-6-18(15)29-20/h1-2,4,6,10-11,16H,3,5,7-9,12H2,(H,23,26). The summed E-state index contributed by atoms with van der Waals surface area (Å²) in [6, 6.07) is 11.7. The SMILES string of the molecule is O=C(NCc1cc(Cl)c2c(c1)OCCO2)N1CCCC1c1nc2ccccc2s1. The third kappa shape index (κ3) is 3.60. The predicted octanol–water partition coefficient (Wildman–Crippen LogP) is 4.77. The van der Waals surface area contributed by atoms with Gasteiger partial charge in [0, 0.05) is 13.1 Å². The first-order valence-electron chi connectivity index (χ1n) is 9.67. The van der Waals surface area contributed by atoms with E-state index in [9.17, 15) is 4.79 Å². The number of nitrogens with one attached hydrogen (secondary N) is 1. The van der Waals surface area contributed by atoms with Crippen LogP contribution in [0.25, 0.3) is 10.2 Å². The summed E-state index contributed by atoms with van der Waals surface area (Å²) >= 11 is 7.96. The van der Waals surface area contributed by atoms with E-state index in [4.69, 9.17) is 26.1 Å². The van der Waals surface area contributed by atoms with E-state index in [1.54, 1.807) is 11.3 Å². The Morgan fingerprint density at radius 3 is 3.03 bits per heavy atom. The molecule has 8 heteroatoms. The van der Waals surface area contributed by atoms with Gasteiger partial charge in [0.1, 0.15) is 18.2 Å². The number of ether oxygens (including phenoxy) is 2. The number of rotatable bonds is 3. The highest BCUT2D eigenvalue weighted by Gasteiger charge is 2.32. The highest BCUT2D eigenvalue weighted by Crippen LogP contribution is 2.39. The van der Waals surface area contributed by atoms with Gasteiger partial charge >= 0.3 is 6.03 Å². The number of aromatic nitrogens is 1. The van der Waals surface area contributed by atoms with Crippen LogP contribution < -0.4 is 14.8 Å². The van der Waals surface area contributed by atoms with Gasteiger partial charge in [0.2, 0.25) is 0 Å². The first kappa shape index (κ1) is 18.5. The fourth-order valence-electron chi connectivity index (χ4n) is 3.84. The largest absolute Gasteiger partial charge is 0.486 e. The summed E-state index contributed by atoms with van der Waals surface area (Å²) in [7, 11) is 0. The third-order valence-electron chi connectivity index (χ3n) is 5.21. The van der Waals surface area contributed by atoms with Crippen LogP contribution in [0.3, 0.4) is 0 Å². The molecule has 0 bridgehead atoms. The van der Waals surface area contributed by atoms with Crippen molar-refractivity contribution >= 4 is 39.2 Å². The summed E-state index contributed by atoms with van der Waals surface area (Å²) in [6.45, 7) is 2.09. The number of fused-ring (bicyclic) bond motifs is 2. The second kappa shape index (κ2) is 7.72. The van der Waals surface area contributed by atoms with Crippen LogP contribution in [0.15, 0.2) is 36.4 Å². The summed E-state index contributed by atoms with van der Waals surface area (Å²) in [6.07, 6.45) is 1.91. The number of benzene rings is 2. The number of likely N-dealkylation sites (tertiary alicyclic amines) is 1. The average molecular weight is 430 g/mol. The number of amides is 2. The molecule has 2 amide bonds. The molecule has 2 aliphatic rings. The van der Waals surface area contributed by atoms with E-state index in [1.165, 1.54) is 0 Å². The molecule has 3 aromatic rings. The van der Waals surface area contributed by atoms with E-state index in [-0.39, 0.29) is 12.1 Å². The smallest absolute Gasteiger partial charge is 0.318 e. The van der Waals surface area contributed by atoms with Crippen LogP contribution in [0.5, 0.6) is 11.5 Å². The lowest BCUT2D eigenvalue weighted by molar-refractivity contribution is 0.171. The van der Waals surface area contributed by atoms with E-state index < -0.39 is 0 Å². The van der Waals surface area contributed by atoms with Gasteiger partial charge in [-0.25, -0.2) is 9.78 Å². The van der Waals surface area contributed by atoms with Gasteiger partial charge in [-0.1, -0.05) is 23.7 Å². The maximum Gasteiger partial charge on any atom is 0.318 e. The van der Waals surface area contributed by atoms with Gasteiger partial charge in [0.05, 0.1) is 21.3 Å². The lowest BCUT2D eigenvalue weighted by atomic mass is 10.2. The Balaban J connectivity index is 1.29. The van der Waals surface area contributed by atoms with Gasteiger partial charge in [-0.05, 0) is 42.7 Å². The first-order chi connectivity index (χ1) is 14.2. The number of carbonyl (C=O) groups is 1. The van der Waals surface area contributed by atoms with Crippen molar-refractivity contribution in [2.24, 2.45) is 0 Å². The second-order valence-corrected chi connectivity index (χ2v) is 8.60. The summed E-state index contributed by atoms with van der Waals surface area (Å²) in [5.74, 6) is 1.20. The molecule has 150 valence electrons. The maximum absolute atomic E-state index is 12.9. The normalized spacial score (nSPS) is 18.2. The van der Waals surface area contributed by atoms with Crippen molar-refractivity contribution in [1.82, 2.24) is 15.2 Å². The van der Waals surface area contributed by atoms with Crippen molar-refractivity contribution in [2.45, 2.75) is 25.4 Å². The molecule has 0 spiro atoms. The topological polar surface area (TPSA) is 63.7 Å². The fourth-order valence-corrected chi connectivity index (χ4v) is 5.25. The molecule has 1 fully saturated rings. The Labute approximate surface area is 177 Å². The molecule has 2 aliphatic heterocycles. The van der Waals surface area contributed by atoms with Crippen LogP contribution in [0.2, 0.25) is 5.02 Å². The lowest BCUT2D eigenvalue weighted by Crippen LogP contribution is -2.39. The zero-order valence-electron chi connectivity index (χ0n) is 15.7. The summed E-state index contributed by atoms with van der Waals surface area (Å²) in [5.41, 5.74) is 1.87. The Bertz CT molecular complexity index is 1040. The Morgan fingerprint density at radius 2 is 2.14 bits per heavy atom.